The van der Waals surface area contributed by atoms with Gasteiger partial charge in [-0.1, -0.05) is 6.92 Å². The Bertz CT molecular complexity index is 361. The summed E-state index contributed by atoms with van der Waals surface area (Å²) < 4.78 is 0. The lowest BCUT2D eigenvalue weighted by Gasteiger charge is -2.33. The van der Waals surface area contributed by atoms with Crippen molar-refractivity contribution in [1.82, 2.24) is 10.3 Å². The van der Waals surface area contributed by atoms with Crippen LogP contribution in [-0.4, -0.2) is 30.2 Å². The average Bonchev–Trinajstić information content (AvgIpc) is 2.36. The number of anilines is 1. The minimum Gasteiger partial charge on any atom is -0.370 e. The van der Waals surface area contributed by atoms with Gasteiger partial charge in [-0.25, -0.2) is 0 Å². The van der Waals surface area contributed by atoms with E-state index in [1.165, 1.54) is 24.9 Å². The average molecular weight is 247 g/mol. The smallest absolute Gasteiger partial charge is 0.0552 e. The van der Waals surface area contributed by atoms with Crippen LogP contribution in [0.5, 0.6) is 0 Å². The third-order valence-corrected chi connectivity index (χ3v) is 3.85. The molecule has 3 nitrogen and oxygen atoms in total. The van der Waals surface area contributed by atoms with Crippen LogP contribution in [0.15, 0.2) is 18.3 Å². The van der Waals surface area contributed by atoms with Gasteiger partial charge in [-0.05, 0) is 45.2 Å². The van der Waals surface area contributed by atoms with Crippen molar-refractivity contribution in [2.75, 3.05) is 18.0 Å². The molecule has 2 heterocycles. The highest BCUT2D eigenvalue weighted by molar-refractivity contribution is 5.44. The fourth-order valence-corrected chi connectivity index (χ4v) is 2.57. The van der Waals surface area contributed by atoms with Gasteiger partial charge in [-0.15, -0.1) is 0 Å². The number of pyridine rings is 1. The molecule has 1 aliphatic heterocycles. The maximum Gasteiger partial charge on any atom is 0.0552 e. The number of nitrogens with one attached hydrogen (secondary N) is 1. The zero-order chi connectivity index (χ0) is 13.0. The summed E-state index contributed by atoms with van der Waals surface area (Å²) >= 11 is 0. The topological polar surface area (TPSA) is 28.2 Å². The van der Waals surface area contributed by atoms with E-state index in [4.69, 9.17) is 0 Å². The monoisotopic (exact) mass is 247 g/mol. The first-order valence-corrected chi connectivity index (χ1v) is 7.12. The van der Waals surface area contributed by atoms with Crippen molar-refractivity contribution in [2.45, 2.75) is 52.1 Å². The van der Waals surface area contributed by atoms with Gasteiger partial charge >= 0.3 is 0 Å². The van der Waals surface area contributed by atoms with Crippen LogP contribution in [0.2, 0.25) is 0 Å². The number of hydrogen-bond acceptors (Lipinski definition) is 3. The maximum absolute atomic E-state index is 4.41. The SMILES string of the molecule is CCC1CCN(c2ccc(C)nc2)CCC(C)N1. The molecule has 0 aliphatic carbocycles. The van der Waals surface area contributed by atoms with Crippen LogP contribution in [0.25, 0.3) is 0 Å². The first-order valence-electron chi connectivity index (χ1n) is 7.12. The minimum atomic E-state index is 0.608. The summed E-state index contributed by atoms with van der Waals surface area (Å²) in [4.78, 5) is 6.89. The van der Waals surface area contributed by atoms with Crippen molar-refractivity contribution >= 4 is 5.69 Å². The van der Waals surface area contributed by atoms with Crippen LogP contribution >= 0.6 is 0 Å². The summed E-state index contributed by atoms with van der Waals surface area (Å²) in [6, 6.07) is 5.56. The van der Waals surface area contributed by atoms with Gasteiger partial charge in [0.1, 0.15) is 0 Å². The number of rotatable bonds is 2. The number of hydrogen-bond donors (Lipinski definition) is 1. The van der Waals surface area contributed by atoms with Crippen molar-refractivity contribution in [3.8, 4) is 0 Å². The van der Waals surface area contributed by atoms with E-state index < -0.39 is 0 Å². The van der Waals surface area contributed by atoms with Gasteiger partial charge in [0.25, 0.3) is 0 Å². The molecule has 3 heteroatoms. The normalized spacial score (nSPS) is 25.6. The molecule has 0 amide bonds. The largest absolute Gasteiger partial charge is 0.370 e. The zero-order valence-corrected chi connectivity index (χ0v) is 11.8. The van der Waals surface area contributed by atoms with Crippen molar-refractivity contribution in [2.24, 2.45) is 0 Å². The highest BCUT2D eigenvalue weighted by atomic mass is 15.1. The van der Waals surface area contributed by atoms with Gasteiger partial charge in [0.05, 0.1) is 11.9 Å². The van der Waals surface area contributed by atoms with Crippen molar-refractivity contribution < 1.29 is 0 Å². The summed E-state index contributed by atoms with van der Waals surface area (Å²) in [5, 5.41) is 3.71. The lowest BCUT2D eigenvalue weighted by molar-refractivity contribution is 0.378. The lowest BCUT2D eigenvalue weighted by Crippen LogP contribution is -2.44. The third kappa shape index (κ3) is 3.45. The zero-order valence-electron chi connectivity index (χ0n) is 11.8. The lowest BCUT2D eigenvalue weighted by atomic mass is 10.1. The van der Waals surface area contributed by atoms with Gasteiger partial charge < -0.3 is 10.2 Å². The molecule has 0 radical (unpaired) electrons. The Balaban J connectivity index is 2.05. The Kier molecular flexibility index (Phi) is 4.59. The van der Waals surface area contributed by atoms with Crippen LogP contribution in [0, 0.1) is 6.92 Å². The van der Waals surface area contributed by atoms with Gasteiger partial charge in [0.2, 0.25) is 0 Å². The summed E-state index contributed by atoms with van der Waals surface area (Å²) in [7, 11) is 0. The predicted molar refractivity (Wildman–Crippen MR) is 77.1 cm³/mol. The highest BCUT2D eigenvalue weighted by Gasteiger charge is 2.17. The Hall–Kier alpha value is -1.09. The van der Waals surface area contributed by atoms with Crippen LogP contribution in [0.1, 0.15) is 38.8 Å². The molecule has 1 aromatic heterocycles. The molecule has 1 saturated heterocycles. The Morgan fingerprint density at radius 2 is 2.11 bits per heavy atom. The van der Waals surface area contributed by atoms with E-state index in [0.29, 0.717) is 12.1 Å². The quantitative estimate of drug-likeness (QED) is 0.871. The van der Waals surface area contributed by atoms with E-state index in [1.54, 1.807) is 0 Å². The van der Waals surface area contributed by atoms with Gasteiger partial charge in [-0.2, -0.15) is 0 Å². The Labute approximate surface area is 111 Å². The van der Waals surface area contributed by atoms with Crippen LogP contribution in [0.4, 0.5) is 5.69 Å². The van der Waals surface area contributed by atoms with Crippen molar-refractivity contribution in [3.63, 3.8) is 0 Å². The fourth-order valence-electron chi connectivity index (χ4n) is 2.57. The molecule has 0 aromatic carbocycles. The molecular weight excluding hydrogens is 222 g/mol. The standard InChI is InChI=1S/C15H25N3/c1-4-14-8-10-18(9-7-13(3)17-14)15-6-5-12(2)16-11-15/h5-6,11,13-14,17H,4,7-10H2,1-3H3. The molecule has 2 rings (SSSR count). The molecular formula is C15H25N3. The molecule has 1 aliphatic rings. The van der Waals surface area contributed by atoms with Gasteiger partial charge in [-0.3, -0.25) is 4.98 Å². The molecule has 0 bridgehead atoms. The highest BCUT2D eigenvalue weighted by Crippen LogP contribution is 2.17. The van der Waals surface area contributed by atoms with Crippen molar-refractivity contribution in [1.29, 1.82) is 0 Å². The summed E-state index contributed by atoms with van der Waals surface area (Å²) in [6.45, 7) is 8.85. The summed E-state index contributed by atoms with van der Waals surface area (Å²) in [5.74, 6) is 0. The van der Waals surface area contributed by atoms with Gasteiger partial charge in [0, 0.05) is 30.9 Å². The molecule has 2 unspecified atom stereocenters. The molecule has 1 aromatic rings. The van der Waals surface area contributed by atoms with Crippen molar-refractivity contribution in [3.05, 3.63) is 24.0 Å². The predicted octanol–water partition coefficient (Wildman–Crippen LogP) is 2.75. The fraction of sp³-hybridized carbons (Fsp3) is 0.667. The second-order valence-corrected chi connectivity index (χ2v) is 5.40. The Morgan fingerprint density at radius 1 is 1.33 bits per heavy atom. The second-order valence-electron chi connectivity index (χ2n) is 5.40. The van der Waals surface area contributed by atoms with E-state index in [2.05, 4.69) is 41.2 Å². The molecule has 100 valence electrons. The number of aryl methyl sites for hydroxylation is 1. The summed E-state index contributed by atoms with van der Waals surface area (Å²) in [5.41, 5.74) is 2.36. The molecule has 18 heavy (non-hydrogen) atoms. The number of nitrogens with zero attached hydrogens (tertiary/aromatic N) is 2. The van der Waals surface area contributed by atoms with Crippen LogP contribution in [-0.2, 0) is 0 Å². The van der Waals surface area contributed by atoms with Gasteiger partial charge in [0.15, 0.2) is 0 Å². The van der Waals surface area contributed by atoms with E-state index in [0.717, 1.165) is 18.8 Å². The van der Waals surface area contributed by atoms with E-state index in [-0.39, 0.29) is 0 Å². The van der Waals surface area contributed by atoms with E-state index >= 15 is 0 Å². The number of aromatic nitrogens is 1. The van der Waals surface area contributed by atoms with E-state index in [1.807, 2.05) is 13.1 Å². The summed E-state index contributed by atoms with van der Waals surface area (Å²) in [6.07, 6.45) is 5.64. The van der Waals surface area contributed by atoms with Crippen LogP contribution < -0.4 is 10.2 Å². The first-order chi connectivity index (χ1) is 8.69. The molecule has 0 saturated carbocycles. The molecule has 1 fully saturated rings. The minimum absolute atomic E-state index is 0.608. The van der Waals surface area contributed by atoms with Crippen LogP contribution in [0.3, 0.4) is 0 Å². The molecule has 0 spiro atoms. The third-order valence-electron chi connectivity index (χ3n) is 3.85. The first kappa shape index (κ1) is 13.3. The maximum atomic E-state index is 4.41. The van der Waals surface area contributed by atoms with E-state index in [9.17, 15) is 0 Å². The second kappa shape index (κ2) is 6.19. The Morgan fingerprint density at radius 3 is 2.78 bits per heavy atom. The molecule has 1 N–H and O–H groups in total. The molecule has 2 atom stereocenters.